The Hall–Kier alpha value is -3.59. The van der Waals surface area contributed by atoms with Crippen LogP contribution in [0.1, 0.15) is 22.1 Å². The van der Waals surface area contributed by atoms with Crippen molar-refractivity contribution < 1.29 is 9.32 Å². The van der Waals surface area contributed by atoms with Gasteiger partial charge >= 0.3 is 0 Å². The number of rotatable bonds is 5. The first-order valence-electron chi connectivity index (χ1n) is 8.31. The van der Waals surface area contributed by atoms with Gasteiger partial charge in [0.2, 0.25) is 11.7 Å². The van der Waals surface area contributed by atoms with Gasteiger partial charge in [-0.1, -0.05) is 22.8 Å². The van der Waals surface area contributed by atoms with E-state index in [2.05, 4.69) is 30.6 Å². The maximum Gasteiger partial charge on any atom is 0.274 e. The molecule has 0 unspecified atom stereocenters. The zero-order valence-corrected chi connectivity index (χ0v) is 15.5. The van der Waals surface area contributed by atoms with E-state index in [1.165, 1.54) is 4.80 Å². The third kappa shape index (κ3) is 3.74. The Morgan fingerprint density at radius 2 is 2.04 bits per heavy atom. The lowest BCUT2D eigenvalue weighted by Crippen LogP contribution is -2.24. The maximum absolute atomic E-state index is 12.5. The van der Waals surface area contributed by atoms with Gasteiger partial charge in [-0.05, 0) is 37.3 Å². The number of carbonyl (C=O) groups excluding carboxylic acids is 1. The molecule has 0 fully saturated rings. The van der Waals surface area contributed by atoms with Gasteiger partial charge in [-0.2, -0.15) is 14.9 Å². The van der Waals surface area contributed by atoms with Crippen molar-refractivity contribution in [2.45, 2.75) is 13.5 Å². The Bertz CT molecular complexity index is 1120. The number of aryl methyl sites for hydroxylation is 1. The zero-order chi connectivity index (χ0) is 19.5. The van der Waals surface area contributed by atoms with E-state index >= 15 is 0 Å². The van der Waals surface area contributed by atoms with Crippen molar-refractivity contribution in [2.75, 3.05) is 0 Å². The molecule has 0 atom stereocenters. The molecule has 1 aromatic carbocycles. The summed E-state index contributed by atoms with van der Waals surface area (Å²) in [6.45, 7) is 1.78. The summed E-state index contributed by atoms with van der Waals surface area (Å²) in [5.41, 5.74) is 2.12. The topological polar surface area (TPSA) is 112 Å². The molecule has 0 spiro atoms. The van der Waals surface area contributed by atoms with Crippen LogP contribution in [0, 0.1) is 6.92 Å². The number of pyridine rings is 1. The molecule has 1 amide bonds. The minimum atomic E-state index is -0.394. The molecular weight excluding hydrogens is 382 g/mol. The summed E-state index contributed by atoms with van der Waals surface area (Å²) in [6, 6.07) is 10.6. The predicted molar refractivity (Wildman–Crippen MR) is 99.8 cm³/mol. The Kier molecular flexibility index (Phi) is 4.81. The summed E-state index contributed by atoms with van der Waals surface area (Å²) in [6.07, 6.45) is 3.28. The highest BCUT2D eigenvalue weighted by atomic mass is 35.5. The molecule has 0 bridgehead atoms. The molecule has 140 valence electrons. The van der Waals surface area contributed by atoms with E-state index in [4.69, 9.17) is 16.1 Å². The number of amides is 1. The standard InChI is InChI=1S/C18H14ClN7O2/c1-11-16(24-26(23-11)14-4-2-3-13(19)9-14)18(27)21-10-15-22-17(25-28-15)12-5-7-20-8-6-12/h2-9H,10H2,1H3,(H,21,27). The molecule has 9 nitrogen and oxygen atoms in total. The van der Waals surface area contributed by atoms with Crippen molar-refractivity contribution in [3.8, 4) is 17.1 Å². The molecule has 0 aliphatic heterocycles. The first-order chi connectivity index (χ1) is 13.6. The number of nitrogens with one attached hydrogen (secondary N) is 1. The summed E-state index contributed by atoms with van der Waals surface area (Å²) < 4.78 is 5.17. The number of carbonyl (C=O) groups is 1. The zero-order valence-electron chi connectivity index (χ0n) is 14.7. The minimum Gasteiger partial charge on any atom is -0.341 e. The van der Waals surface area contributed by atoms with Crippen LogP contribution in [0.25, 0.3) is 17.1 Å². The number of halogens is 1. The van der Waals surface area contributed by atoms with Gasteiger partial charge in [-0.15, -0.1) is 5.10 Å². The Morgan fingerprint density at radius 1 is 1.21 bits per heavy atom. The van der Waals surface area contributed by atoms with Crippen LogP contribution >= 0.6 is 11.6 Å². The smallest absolute Gasteiger partial charge is 0.274 e. The highest BCUT2D eigenvalue weighted by molar-refractivity contribution is 6.30. The van der Waals surface area contributed by atoms with Gasteiger partial charge in [0.25, 0.3) is 5.91 Å². The molecule has 3 heterocycles. The van der Waals surface area contributed by atoms with Crippen LogP contribution in [-0.4, -0.2) is 36.0 Å². The number of nitrogens with zero attached hydrogens (tertiary/aromatic N) is 6. The third-order valence-corrected chi connectivity index (χ3v) is 4.08. The molecule has 3 aromatic heterocycles. The first kappa shape index (κ1) is 17.8. The second-order valence-electron chi connectivity index (χ2n) is 5.83. The molecule has 4 aromatic rings. The summed E-state index contributed by atoms with van der Waals surface area (Å²) >= 11 is 5.99. The normalized spacial score (nSPS) is 10.8. The summed E-state index contributed by atoms with van der Waals surface area (Å²) in [5.74, 6) is 0.309. The lowest BCUT2D eigenvalue weighted by molar-refractivity contribution is 0.0940. The van der Waals surface area contributed by atoms with Crippen molar-refractivity contribution in [2.24, 2.45) is 0 Å². The molecule has 0 aliphatic carbocycles. The second-order valence-corrected chi connectivity index (χ2v) is 6.27. The van der Waals surface area contributed by atoms with Crippen LogP contribution in [0.3, 0.4) is 0 Å². The van der Waals surface area contributed by atoms with Gasteiger partial charge in [0.05, 0.1) is 17.9 Å². The van der Waals surface area contributed by atoms with Crippen LogP contribution < -0.4 is 5.32 Å². The van der Waals surface area contributed by atoms with Gasteiger partial charge in [0, 0.05) is 23.0 Å². The van der Waals surface area contributed by atoms with Crippen LogP contribution in [-0.2, 0) is 6.54 Å². The highest BCUT2D eigenvalue weighted by Gasteiger charge is 2.17. The van der Waals surface area contributed by atoms with Crippen LogP contribution in [0.2, 0.25) is 5.02 Å². The van der Waals surface area contributed by atoms with Gasteiger partial charge in [-0.3, -0.25) is 9.78 Å². The van der Waals surface area contributed by atoms with E-state index < -0.39 is 5.91 Å². The van der Waals surface area contributed by atoms with Crippen LogP contribution in [0.15, 0.2) is 53.3 Å². The van der Waals surface area contributed by atoms with Crippen LogP contribution in [0.5, 0.6) is 0 Å². The Morgan fingerprint density at radius 3 is 2.82 bits per heavy atom. The van der Waals surface area contributed by atoms with Gasteiger partial charge < -0.3 is 9.84 Å². The molecule has 0 saturated heterocycles. The van der Waals surface area contributed by atoms with Crippen molar-refractivity contribution >= 4 is 17.5 Å². The van der Waals surface area contributed by atoms with Gasteiger partial charge in [0.15, 0.2) is 5.69 Å². The summed E-state index contributed by atoms with van der Waals surface area (Å²) in [7, 11) is 0. The fraction of sp³-hybridized carbons (Fsp3) is 0.111. The fourth-order valence-electron chi connectivity index (χ4n) is 2.49. The number of hydrogen-bond acceptors (Lipinski definition) is 7. The van der Waals surface area contributed by atoms with E-state index in [0.717, 1.165) is 5.56 Å². The highest BCUT2D eigenvalue weighted by Crippen LogP contribution is 2.15. The number of aromatic nitrogens is 6. The monoisotopic (exact) mass is 395 g/mol. The molecule has 4 rings (SSSR count). The van der Waals surface area contributed by atoms with E-state index in [9.17, 15) is 4.79 Å². The van der Waals surface area contributed by atoms with E-state index in [1.807, 2.05) is 0 Å². The molecule has 1 N–H and O–H groups in total. The van der Waals surface area contributed by atoms with Crippen molar-refractivity contribution in [1.29, 1.82) is 0 Å². The fourth-order valence-corrected chi connectivity index (χ4v) is 2.67. The van der Waals surface area contributed by atoms with E-state index in [1.54, 1.807) is 55.7 Å². The second kappa shape index (κ2) is 7.57. The van der Waals surface area contributed by atoms with E-state index in [-0.39, 0.29) is 18.1 Å². The molecule has 0 aliphatic rings. The quantitative estimate of drug-likeness (QED) is 0.552. The average molecular weight is 396 g/mol. The molecule has 0 saturated carbocycles. The Labute approximate surface area is 164 Å². The summed E-state index contributed by atoms with van der Waals surface area (Å²) in [4.78, 5) is 22.0. The minimum absolute atomic E-state index is 0.0698. The predicted octanol–water partition coefficient (Wildman–Crippen LogP) is 2.60. The van der Waals surface area contributed by atoms with Gasteiger partial charge in [-0.25, -0.2) is 0 Å². The third-order valence-electron chi connectivity index (χ3n) is 3.84. The molecule has 28 heavy (non-hydrogen) atoms. The molecular formula is C18H14ClN7O2. The van der Waals surface area contributed by atoms with Crippen molar-refractivity contribution in [3.05, 3.63) is 71.1 Å². The lowest BCUT2D eigenvalue weighted by atomic mass is 10.2. The molecule has 10 heteroatoms. The maximum atomic E-state index is 12.5. The van der Waals surface area contributed by atoms with Gasteiger partial charge in [0.1, 0.15) is 0 Å². The number of benzene rings is 1. The SMILES string of the molecule is Cc1nn(-c2cccc(Cl)c2)nc1C(=O)NCc1nc(-c2ccncc2)no1. The largest absolute Gasteiger partial charge is 0.341 e. The van der Waals surface area contributed by atoms with Crippen LogP contribution in [0.4, 0.5) is 0 Å². The first-order valence-corrected chi connectivity index (χ1v) is 8.69. The summed E-state index contributed by atoms with van der Waals surface area (Å²) in [5, 5.41) is 15.7. The molecule has 0 radical (unpaired) electrons. The van der Waals surface area contributed by atoms with Crippen molar-refractivity contribution in [3.63, 3.8) is 0 Å². The average Bonchev–Trinajstić information content (AvgIpc) is 3.34. The number of hydrogen-bond donors (Lipinski definition) is 1. The van der Waals surface area contributed by atoms with E-state index in [0.29, 0.717) is 22.2 Å². The van der Waals surface area contributed by atoms with Crippen molar-refractivity contribution in [1.82, 2.24) is 35.4 Å². The lowest BCUT2D eigenvalue weighted by Gasteiger charge is -2.00. The Balaban J connectivity index is 1.45.